The van der Waals surface area contributed by atoms with Crippen molar-refractivity contribution in [1.29, 1.82) is 0 Å². The second kappa shape index (κ2) is 8.75. The van der Waals surface area contributed by atoms with Gasteiger partial charge in [0.25, 0.3) is 5.91 Å². The van der Waals surface area contributed by atoms with Crippen LogP contribution in [0.15, 0.2) is 64.2 Å². The van der Waals surface area contributed by atoms with Gasteiger partial charge in [-0.1, -0.05) is 37.3 Å². The fourth-order valence-electron chi connectivity index (χ4n) is 2.66. The Bertz CT molecular complexity index is 1040. The molecule has 0 aromatic heterocycles. The number of phenols is 2. The number of hydrogen-bond acceptors (Lipinski definition) is 5. The summed E-state index contributed by atoms with van der Waals surface area (Å²) in [5.74, 6) is -0.0292. The third-order valence-corrected chi connectivity index (χ3v) is 4.97. The molecule has 144 valence electrons. The van der Waals surface area contributed by atoms with Crippen LogP contribution in [0.4, 0.5) is 0 Å². The molecular formula is C21H19BrN2O4. The van der Waals surface area contributed by atoms with Crippen LogP contribution in [-0.2, 0) is 4.79 Å². The molecule has 0 radical (unpaired) electrons. The number of carbonyl (C=O) groups excluding carboxylic acids is 1. The van der Waals surface area contributed by atoms with Gasteiger partial charge in [0.15, 0.2) is 6.10 Å². The van der Waals surface area contributed by atoms with Gasteiger partial charge in [-0.15, -0.1) is 0 Å². The number of ether oxygens (including phenoxy) is 1. The van der Waals surface area contributed by atoms with Crippen molar-refractivity contribution >= 4 is 38.8 Å². The Labute approximate surface area is 170 Å². The summed E-state index contributed by atoms with van der Waals surface area (Å²) in [5, 5.41) is 24.9. The molecular weight excluding hydrogens is 424 g/mol. The highest BCUT2D eigenvalue weighted by molar-refractivity contribution is 9.10. The number of hydrazone groups is 1. The molecule has 0 heterocycles. The van der Waals surface area contributed by atoms with Gasteiger partial charge in [0.05, 0.1) is 10.7 Å². The number of benzene rings is 3. The Morgan fingerprint density at radius 3 is 2.75 bits per heavy atom. The number of nitrogens with one attached hydrogen (secondary N) is 1. The minimum Gasteiger partial charge on any atom is -0.508 e. The summed E-state index contributed by atoms with van der Waals surface area (Å²) in [4.78, 5) is 12.4. The summed E-state index contributed by atoms with van der Waals surface area (Å²) in [6.45, 7) is 1.84. The van der Waals surface area contributed by atoms with Crippen LogP contribution in [0.3, 0.4) is 0 Å². The van der Waals surface area contributed by atoms with Gasteiger partial charge >= 0.3 is 0 Å². The predicted octanol–water partition coefficient (Wildman–Crippen LogP) is 4.32. The topological polar surface area (TPSA) is 91.2 Å². The number of halogens is 1. The zero-order valence-corrected chi connectivity index (χ0v) is 16.7. The minimum absolute atomic E-state index is 0.0564. The zero-order valence-electron chi connectivity index (χ0n) is 15.1. The van der Waals surface area contributed by atoms with E-state index in [1.54, 1.807) is 0 Å². The molecule has 0 saturated carbocycles. The van der Waals surface area contributed by atoms with Gasteiger partial charge in [-0.2, -0.15) is 5.10 Å². The third-order valence-electron chi connectivity index (χ3n) is 4.15. The molecule has 3 aromatic carbocycles. The first kappa shape index (κ1) is 19.7. The van der Waals surface area contributed by atoms with Crippen molar-refractivity contribution in [3.05, 3.63) is 64.6 Å². The highest BCUT2D eigenvalue weighted by Gasteiger charge is 2.19. The SMILES string of the molecule is CCC(Oc1ccc2ccccc2c1Br)C(=O)NN=Cc1ccc(O)cc1O. The molecule has 3 aromatic rings. The molecule has 0 bridgehead atoms. The summed E-state index contributed by atoms with van der Waals surface area (Å²) < 4.78 is 6.68. The third kappa shape index (κ3) is 4.43. The fourth-order valence-corrected chi connectivity index (χ4v) is 3.25. The standard InChI is InChI=1S/C21H19BrN2O4/c1-2-18(21(27)24-23-12-14-7-9-15(25)11-17(14)26)28-19-10-8-13-5-3-4-6-16(13)20(19)22/h3-12,18,25-26H,2H2,1H3,(H,24,27). The van der Waals surface area contributed by atoms with E-state index in [2.05, 4.69) is 26.5 Å². The lowest BCUT2D eigenvalue weighted by molar-refractivity contribution is -0.128. The van der Waals surface area contributed by atoms with Gasteiger partial charge < -0.3 is 14.9 Å². The van der Waals surface area contributed by atoms with Crippen LogP contribution in [0, 0.1) is 0 Å². The first-order chi connectivity index (χ1) is 13.5. The smallest absolute Gasteiger partial charge is 0.281 e. The molecule has 7 heteroatoms. The lowest BCUT2D eigenvalue weighted by atomic mass is 10.1. The zero-order chi connectivity index (χ0) is 20.1. The van der Waals surface area contributed by atoms with Crippen LogP contribution < -0.4 is 10.2 Å². The van der Waals surface area contributed by atoms with Crippen molar-refractivity contribution in [2.75, 3.05) is 0 Å². The van der Waals surface area contributed by atoms with E-state index in [4.69, 9.17) is 4.74 Å². The molecule has 1 amide bonds. The Morgan fingerprint density at radius 2 is 2.00 bits per heavy atom. The summed E-state index contributed by atoms with van der Waals surface area (Å²) in [7, 11) is 0. The second-order valence-electron chi connectivity index (χ2n) is 6.09. The maximum Gasteiger partial charge on any atom is 0.281 e. The van der Waals surface area contributed by atoms with E-state index < -0.39 is 12.0 Å². The number of carbonyl (C=O) groups is 1. The van der Waals surface area contributed by atoms with Crippen LogP contribution >= 0.6 is 15.9 Å². The van der Waals surface area contributed by atoms with Crippen LogP contribution in [-0.4, -0.2) is 28.4 Å². The maximum absolute atomic E-state index is 12.4. The summed E-state index contributed by atoms with van der Waals surface area (Å²) in [5.41, 5.74) is 2.78. The number of fused-ring (bicyclic) bond motifs is 1. The quantitative estimate of drug-likeness (QED) is 0.391. The van der Waals surface area contributed by atoms with Crippen LogP contribution in [0.25, 0.3) is 10.8 Å². The van der Waals surface area contributed by atoms with Gasteiger partial charge in [0.1, 0.15) is 17.2 Å². The molecule has 0 aliphatic heterocycles. The van der Waals surface area contributed by atoms with E-state index in [1.807, 2.05) is 43.3 Å². The number of hydrogen-bond donors (Lipinski definition) is 3. The van der Waals surface area contributed by atoms with Gasteiger partial charge in [-0.3, -0.25) is 4.79 Å². The molecule has 0 fully saturated rings. The lowest BCUT2D eigenvalue weighted by Gasteiger charge is -2.17. The van der Waals surface area contributed by atoms with Crippen molar-refractivity contribution in [3.63, 3.8) is 0 Å². The number of rotatable bonds is 6. The van der Waals surface area contributed by atoms with Crippen LogP contribution in [0.5, 0.6) is 17.2 Å². The molecule has 3 rings (SSSR count). The van der Waals surface area contributed by atoms with Crippen molar-refractivity contribution in [3.8, 4) is 17.2 Å². The largest absolute Gasteiger partial charge is 0.508 e. The molecule has 0 aliphatic carbocycles. The van der Waals surface area contributed by atoms with Gasteiger partial charge in [-0.05, 0) is 51.3 Å². The molecule has 0 aliphatic rings. The fraction of sp³-hybridized carbons (Fsp3) is 0.143. The highest BCUT2D eigenvalue weighted by Crippen LogP contribution is 2.33. The van der Waals surface area contributed by atoms with E-state index in [9.17, 15) is 15.0 Å². The summed E-state index contributed by atoms with van der Waals surface area (Å²) in [6, 6.07) is 15.7. The van der Waals surface area contributed by atoms with Crippen molar-refractivity contribution < 1.29 is 19.7 Å². The molecule has 0 saturated heterocycles. The van der Waals surface area contributed by atoms with Gasteiger partial charge in [0, 0.05) is 11.6 Å². The first-order valence-corrected chi connectivity index (χ1v) is 9.47. The summed E-state index contributed by atoms with van der Waals surface area (Å²) in [6.07, 6.45) is 1.01. The molecule has 28 heavy (non-hydrogen) atoms. The highest BCUT2D eigenvalue weighted by atomic mass is 79.9. The van der Waals surface area contributed by atoms with E-state index >= 15 is 0 Å². The van der Waals surface area contributed by atoms with E-state index in [0.717, 1.165) is 15.2 Å². The van der Waals surface area contributed by atoms with Crippen molar-refractivity contribution in [2.45, 2.75) is 19.4 Å². The number of aromatic hydroxyl groups is 2. The average Bonchev–Trinajstić information content (AvgIpc) is 2.69. The molecule has 1 unspecified atom stereocenters. The Hall–Kier alpha value is -3.06. The Morgan fingerprint density at radius 1 is 1.21 bits per heavy atom. The van der Waals surface area contributed by atoms with Crippen LogP contribution in [0.1, 0.15) is 18.9 Å². The van der Waals surface area contributed by atoms with Gasteiger partial charge in [0.2, 0.25) is 0 Å². The lowest BCUT2D eigenvalue weighted by Crippen LogP contribution is -2.35. The predicted molar refractivity (Wildman–Crippen MR) is 112 cm³/mol. The van der Waals surface area contributed by atoms with Crippen molar-refractivity contribution in [2.24, 2.45) is 5.10 Å². The normalized spacial score (nSPS) is 12.2. The Balaban J connectivity index is 1.70. The average molecular weight is 443 g/mol. The van der Waals surface area contributed by atoms with Crippen LogP contribution in [0.2, 0.25) is 0 Å². The minimum atomic E-state index is -0.733. The second-order valence-corrected chi connectivity index (χ2v) is 6.88. The molecule has 1 atom stereocenters. The first-order valence-electron chi connectivity index (χ1n) is 8.68. The molecule has 3 N–H and O–H groups in total. The van der Waals surface area contributed by atoms with E-state index in [-0.39, 0.29) is 11.5 Å². The van der Waals surface area contributed by atoms with E-state index in [0.29, 0.717) is 17.7 Å². The monoisotopic (exact) mass is 442 g/mol. The molecule has 0 spiro atoms. The number of phenolic OH excluding ortho intramolecular Hbond substituents is 2. The number of nitrogens with zero attached hydrogens (tertiary/aromatic N) is 1. The Kier molecular flexibility index (Phi) is 6.16. The number of amides is 1. The van der Waals surface area contributed by atoms with Crippen molar-refractivity contribution in [1.82, 2.24) is 5.43 Å². The molecule has 6 nitrogen and oxygen atoms in total. The van der Waals surface area contributed by atoms with E-state index in [1.165, 1.54) is 24.4 Å². The van der Waals surface area contributed by atoms with Gasteiger partial charge in [-0.25, -0.2) is 5.43 Å². The maximum atomic E-state index is 12.4. The summed E-state index contributed by atoms with van der Waals surface area (Å²) >= 11 is 3.55.